The van der Waals surface area contributed by atoms with Crippen LogP contribution in [-0.4, -0.2) is 20.8 Å². The van der Waals surface area contributed by atoms with Crippen LogP contribution < -0.4 is 10.9 Å². The van der Waals surface area contributed by atoms with E-state index in [1.807, 2.05) is 0 Å². The van der Waals surface area contributed by atoms with Gasteiger partial charge in [-0.05, 0) is 37.3 Å². The highest BCUT2D eigenvalue weighted by Crippen LogP contribution is 2.29. The van der Waals surface area contributed by atoms with E-state index in [0.717, 1.165) is 18.2 Å². The zero-order chi connectivity index (χ0) is 22.2. The summed E-state index contributed by atoms with van der Waals surface area (Å²) in [5.74, 6) is -1.24. The molecule has 3 aromatic rings. The lowest BCUT2D eigenvalue weighted by molar-refractivity contribution is 0.144. The number of alkyl halides is 4. The van der Waals surface area contributed by atoms with Crippen molar-refractivity contribution in [2.75, 3.05) is 0 Å². The Morgan fingerprint density at radius 1 is 1.10 bits per heavy atom. The fraction of sp³-hybridized carbons (Fsp3) is 0.211. The summed E-state index contributed by atoms with van der Waals surface area (Å²) < 4.78 is 68.0. The number of carbonyl (C=O) groups is 1. The Morgan fingerprint density at radius 3 is 2.23 bits per heavy atom. The zero-order valence-electron chi connectivity index (χ0n) is 15.2. The topological polar surface area (TPSA) is 84.2 Å². The van der Waals surface area contributed by atoms with Gasteiger partial charge in [-0.15, -0.1) is 0 Å². The van der Waals surface area contributed by atoms with E-state index in [0.29, 0.717) is 10.6 Å². The molecule has 1 aromatic heterocycles. The summed E-state index contributed by atoms with van der Waals surface area (Å²) in [5.41, 5.74) is -3.15. The number of nitrogens with zero attached hydrogens (tertiary/aromatic N) is 2. The molecule has 6 nitrogen and oxygen atoms in total. The summed E-state index contributed by atoms with van der Waals surface area (Å²) in [6, 6.07) is 4.59. The molecule has 0 fully saturated rings. The summed E-state index contributed by atoms with van der Waals surface area (Å²) in [7, 11) is 0. The first kappa shape index (κ1) is 21.2. The molecule has 0 aliphatic heterocycles. The third-order valence-corrected chi connectivity index (χ3v) is 4.32. The Labute approximate surface area is 165 Å². The first-order valence-electron chi connectivity index (χ1n) is 8.52. The number of amides is 1. The van der Waals surface area contributed by atoms with E-state index in [9.17, 15) is 31.5 Å². The van der Waals surface area contributed by atoms with Crippen LogP contribution in [0.25, 0.3) is 16.6 Å². The van der Waals surface area contributed by atoms with Gasteiger partial charge in [0.05, 0.1) is 17.2 Å². The average molecular weight is 427 g/mol. The van der Waals surface area contributed by atoms with Crippen LogP contribution in [-0.2, 0) is 0 Å². The molecule has 30 heavy (non-hydrogen) atoms. The first-order chi connectivity index (χ1) is 14.1. The van der Waals surface area contributed by atoms with Gasteiger partial charge in [0, 0.05) is 11.1 Å². The lowest BCUT2D eigenvalue weighted by atomic mass is 10.1. The maximum absolute atomic E-state index is 14.3. The second-order valence-electron chi connectivity index (χ2n) is 6.37. The average Bonchev–Trinajstić information content (AvgIpc) is 2.66. The number of halogens is 5. The van der Waals surface area contributed by atoms with E-state index >= 15 is 0 Å². The minimum atomic E-state index is -3.12. The summed E-state index contributed by atoms with van der Waals surface area (Å²) in [6.07, 6.45) is -7.72. The van der Waals surface area contributed by atoms with Crippen LogP contribution in [0.15, 0.2) is 41.2 Å². The summed E-state index contributed by atoms with van der Waals surface area (Å²) in [6.45, 7) is 1.31. The Kier molecular flexibility index (Phi) is 5.72. The van der Waals surface area contributed by atoms with Crippen molar-refractivity contribution in [2.24, 2.45) is 0 Å². The third kappa shape index (κ3) is 3.95. The van der Waals surface area contributed by atoms with Crippen molar-refractivity contribution in [1.29, 1.82) is 0 Å². The molecule has 2 N–H and O–H groups in total. The molecule has 1 heterocycles. The molecule has 1 unspecified atom stereocenters. The van der Waals surface area contributed by atoms with Crippen LogP contribution >= 0.6 is 0 Å². The highest BCUT2D eigenvalue weighted by molar-refractivity contribution is 5.79. The highest BCUT2D eigenvalue weighted by atomic mass is 19.3. The summed E-state index contributed by atoms with van der Waals surface area (Å²) in [5, 5.41) is 10.5. The molecule has 0 saturated heterocycles. The van der Waals surface area contributed by atoms with Crippen molar-refractivity contribution in [3.8, 4) is 5.69 Å². The van der Waals surface area contributed by atoms with E-state index in [2.05, 4.69) is 10.3 Å². The van der Waals surface area contributed by atoms with Crippen molar-refractivity contribution in [3.63, 3.8) is 0 Å². The van der Waals surface area contributed by atoms with Gasteiger partial charge in [0.1, 0.15) is 17.0 Å². The minimum absolute atomic E-state index is 0.107. The lowest BCUT2D eigenvalue weighted by Gasteiger charge is -2.20. The van der Waals surface area contributed by atoms with Crippen molar-refractivity contribution >= 4 is 17.0 Å². The lowest BCUT2D eigenvalue weighted by Crippen LogP contribution is -2.32. The SMILES string of the molecule is CC(NC(=O)O)c1nc2cccc(F)c2c(=O)n1-c1cc(C(F)F)cc(C(F)F)c1. The molecule has 3 rings (SSSR count). The fourth-order valence-corrected chi connectivity index (χ4v) is 3.04. The summed E-state index contributed by atoms with van der Waals surface area (Å²) in [4.78, 5) is 28.2. The maximum Gasteiger partial charge on any atom is 0.405 e. The molecule has 0 bridgehead atoms. The maximum atomic E-state index is 14.3. The number of hydrogen-bond donors (Lipinski definition) is 2. The van der Waals surface area contributed by atoms with Crippen molar-refractivity contribution in [3.05, 3.63) is 69.5 Å². The largest absolute Gasteiger partial charge is 0.465 e. The number of carboxylic acid groups (broad SMARTS) is 1. The first-order valence-corrected chi connectivity index (χ1v) is 8.52. The van der Waals surface area contributed by atoms with Gasteiger partial charge in [-0.3, -0.25) is 9.36 Å². The Hall–Kier alpha value is -3.50. The van der Waals surface area contributed by atoms with E-state index in [1.54, 1.807) is 0 Å². The molecule has 1 amide bonds. The molecule has 2 aromatic carbocycles. The minimum Gasteiger partial charge on any atom is -0.465 e. The Bertz CT molecular complexity index is 1150. The smallest absolute Gasteiger partial charge is 0.405 e. The molecule has 0 aliphatic rings. The van der Waals surface area contributed by atoms with E-state index in [-0.39, 0.29) is 11.3 Å². The quantitative estimate of drug-likeness (QED) is 0.577. The zero-order valence-corrected chi connectivity index (χ0v) is 15.2. The summed E-state index contributed by atoms with van der Waals surface area (Å²) >= 11 is 0. The van der Waals surface area contributed by atoms with Gasteiger partial charge >= 0.3 is 6.09 Å². The molecule has 0 aliphatic carbocycles. The van der Waals surface area contributed by atoms with Gasteiger partial charge in [-0.25, -0.2) is 31.7 Å². The van der Waals surface area contributed by atoms with Gasteiger partial charge < -0.3 is 10.4 Å². The second-order valence-corrected chi connectivity index (χ2v) is 6.37. The van der Waals surface area contributed by atoms with Crippen molar-refractivity contribution in [2.45, 2.75) is 25.8 Å². The standard InChI is InChI=1S/C19H14F5N3O3/c1-8(25-19(29)30)17-26-13-4-2-3-12(20)14(13)18(28)27(17)11-6-9(15(21)22)5-10(7-11)16(23)24/h2-8,15-16,25H,1H3,(H,29,30). The van der Waals surface area contributed by atoms with E-state index in [1.165, 1.54) is 19.1 Å². The molecular weight excluding hydrogens is 413 g/mol. The van der Waals surface area contributed by atoms with Gasteiger partial charge in [0.15, 0.2) is 0 Å². The highest BCUT2D eigenvalue weighted by Gasteiger charge is 2.23. The molecule has 0 saturated carbocycles. The van der Waals surface area contributed by atoms with Crippen LogP contribution in [0.1, 0.15) is 42.8 Å². The van der Waals surface area contributed by atoms with Crippen LogP contribution in [0.4, 0.5) is 26.7 Å². The molecule has 0 radical (unpaired) electrons. The van der Waals surface area contributed by atoms with E-state index < -0.39 is 58.6 Å². The van der Waals surface area contributed by atoms with Gasteiger partial charge in [0.2, 0.25) is 0 Å². The predicted octanol–water partition coefficient (Wildman–Crippen LogP) is 4.73. The van der Waals surface area contributed by atoms with Crippen molar-refractivity contribution in [1.82, 2.24) is 14.9 Å². The normalized spacial score (nSPS) is 12.5. The number of fused-ring (bicyclic) bond motifs is 1. The van der Waals surface area contributed by atoms with Gasteiger partial charge in [-0.2, -0.15) is 0 Å². The monoisotopic (exact) mass is 427 g/mol. The Morgan fingerprint density at radius 2 is 1.70 bits per heavy atom. The number of hydrogen-bond acceptors (Lipinski definition) is 3. The number of benzene rings is 2. The van der Waals surface area contributed by atoms with Crippen LogP contribution in [0.3, 0.4) is 0 Å². The molecule has 0 spiro atoms. The van der Waals surface area contributed by atoms with Crippen LogP contribution in [0, 0.1) is 5.82 Å². The number of aromatic nitrogens is 2. The predicted molar refractivity (Wildman–Crippen MR) is 96.8 cm³/mol. The molecule has 1 atom stereocenters. The number of nitrogens with one attached hydrogen (secondary N) is 1. The third-order valence-electron chi connectivity index (χ3n) is 4.32. The van der Waals surface area contributed by atoms with Gasteiger partial charge in [-0.1, -0.05) is 6.07 Å². The molecular formula is C19H14F5N3O3. The van der Waals surface area contributed by atoms with Crippen molar-refractivity contribution < 1.29 is 31.9 Å². The van der Waals surface area contributed by atoms with E-state index in [4.69, 9.17) is 5.11 Å². The van der Waals surface area contributed by atoms with Crippen LogP contribution in [0.2, 0.25) is 0 Å². The molecule has 11 heteroatoms. The molecule has 158 valence electrons. The van der Waals surface area contributed by atoms with Crippen LogP contribution in [0.5, 0.6) is 0 Å². The second kappa shape index (κ2) is 8.09. The van der Waals surface area contributed by atoms with Gasteiger partial charge in [0.25, 0.3) is 18.4 Å². The number of rotatable bonds is 5. The fourth-order valence-electron chi connectivity index (χ4n) is 3.04. The Balaban J connectivity index is 2.41.